The van der Waals surface area contributed by atoms with Crippen LogP contribution >= 0.6 is 0 Å². The summed E-state index contributed by atoms with van der Waals surface area (Å²) in [6, 6.07) is 8.87. The Morgan fingerprint density at radius 3 is 2.34 bits per heavy atom. The molecule has 0 atom stereocenters. The molecule has 3 rings (SSSR count). The number of nitrogens with zero attached hydrogens (tertiary/aromatic N) is 3. The van der Waals surface area contributed by atoms with Crippen LogP contribution in [0.3, 0.4) is 0 Å². The van der Waals surface area contributed by atoms with E-state index in [0.717, 1.165) is 12.3 Å². The van der Waals surface area contributed by atoms with E-state index in [0.29, 0.717) is 37.6 Å². The molecule has 2 aromatic rings. The Morgan fingerprint density at radius 1 is 1.07 bits per heavy atom. The van der Waals surface area contributed by atoms with E-state index in [4.69, 9.17) is 10.5 Å². The summed E-state index contributed by atoms with van der Waals surface area (Å²) in [5.41, 5.74) is 4.59. The number of piperazine rings is 1. The zero-order chi connectivity index (χ0) is 21.0. The first-order chi connectivity index (χ1) is 13.8. The van der Waals surface area contributed by atoms with Gasteiger partial charge in [0.1, 0.15) is 11.6 Å². The fraction of sp³-hybridized carbons (Fsp3) is 0.316. The third-order valence-corrected chi connectivity index (χ3v) is 4.45. The van der Waals surface area contributed by atoms with Gasteiger partial charge in [0.15, 0.2) is 6.61 Å². The Morgan fingerprint density at radius 2 is 1.76 bits per heavy atom. The molecule has 0 spiro atoms. The Bertz CT molecular complexity index is 879. The maximum Gasteiger partial charge on any atom is 0.417 e. The monoisotopic (exact) mass is 408 g/mol. The first kappa shape index (κ1) is 20.4. The minimum Gasteiger partial charge on any atom is -0.483 e. The van der Waals surface area contributed by atoms with Crippen molar-refractivity contribution in [2.75, 3.05) is 37.7 Å². The number of amides is 2. The van der Waals surface area contributed by atoms with Crippen LogP contribution < -0.4 is 15.4 Å². The van der Waals surface area contributed by atoms with Gasteiger partial charge in [0.05, 0.1) is 11.1 Å². The second kappa shape index (κ2) is 8.38. The van der Waals surface area contributed by atoms with Crippen LogP contribution in [0.2, 0.25) is 0 Å². The lowest BCUT2D eigenvalue weighted by Gasteiger charge is -2.35. The molecule has 1 saturated heterocycles. The van der Waals surface area contributed by atoms with Gasteiger partial charge >= 0.3 is 6.18 Å². The van der Waals surface area contributed by atoms with Gasteiger partial charge in [-0.25, -0.2) is 4.98 Å². The fourth-order valence-corrected chi connectivity index (χ4v) is 2.97. The van der Waals surface area contributed by atoms with Crippen molar-refractivity contribution < 1.29 is 27.5 Å². The standard InChI is InChI=1S/C19H19F3N4O3/c20-19(21,22)13-5-6-17(24-11-13)25-7-9-26(10-8-25)18(28)14-3-1-2-4-15(14)29-12-16(23)27/h1-6,11H,7-10,12H2,(H2,23,27). The Hall–Kier alpha value is -3.30. The average Bonchev–Trinajstić information content (AvgIpc) is 2.71. The Labute approximate surface area is 164 Å². The molecule has 1 aliphatic heterocycles. The highest BCUT2D eigenvalue weighted by Crippen LogP contribution is 2.29. The minimum atomic E-state index is -4.43. The second-order valence-electron chi connectivity index (χ2n) is 6.43. The number of alkyl halides is 3. The van der Waals surface area contributed by atoms with Crippen molar-refractivity contribution in [3.8, 4) is 5.75 Å². The van der Waals surface area contributed by atoms with Gasteiger partial charge in [-0.2, -0.15) is 13.2 Å². The number of aromatic nitrogens is 1. The summed E-state index contributed by atoms with van der Waals surface area (Å²) in [5, 5.41) is 0. The quantitative estimate of drug-likeness (QED) is 0.817. The third-order valence-electron chi connectivity index (χ3n) is 4.45. The lowest BCUT2D eigenvalue weighted by atomic mass is 10.1. The van der Waals surface area contributed by atoms with E-state index in [1.54, 1.807) is 29.2 Å². The Balaban J connectivity index is 1.64. The summed E-state index contributed by atoms with van der Waals surface area (Å²) in [4.78, 5) is 31.1. The number of nitrogens with two attached hydrogens (primary N) is 1. The van der Waals surface area contributed by atoms with E-state index in [1.807, 2.05) is 4.90 Å². The SMILES string of the molecule is NC(=O)COc1ccccc1C(=O)N1CCN(c2ccc(C(F)(F)F)cn2)CC1. The summed E-state index contributed by atoms with van der Waals surface area (Å²) < 4.78 is 43.3. The summed E-state index contributed by atoms with van der Waals surface area (Å²) >= 11 is 0. The molecular weight excluding hydrogens is 389 g/mol. The fourth-order valence-electron chi connectivity index (χ4n) is 2.97. The first-order valence-electron chi connectivity index (χ1n) is 8.83. The second-order valence-corrected chi connectivity index (χ2v) is 6.43. The molecule has 1 aliphatic rings. The molecule has 1 aromatic carbocycles. The van der Waals surface area contributed by atoms with Crippen LogP contribution in [0, 0.1) is 0 Å². The number of carbonyl (C=O) groups is 2. The minimum absolute atomic E-state index is 0.259. The lowest BCUT2D eigenvalue weighted by Crippen LogP contribution is -2.49. The van der Waals surface area contributed by atoms with Crippen molar-refractivity contribution in [3.63, 3.8) is 0 Å². The highest BCUT2D eigenvalue weighted by Gasteiger charge is 2.31. The molecule has 0 bridgehead atoms. The molecule has 1 fully saturated rings. The molecule has 0 unspecified atom stereocenters. The number of carbonyl (C=O) groups excluding carboxylic acids is 2. The van der Waals surface area contributed by atoms with Crippen LogP contribution in [0.1, 0.15) is 15.9 Å². The van der Waals surface area contributed by atoms with Crippen molar-refractivity contribution in [1.82, 2.24) is 9.88 Å². The summed E-state index contributed by atoms with van der Waals surface area (Å²) in [7, 11) is 0. The number of rotatable bonds is 5. The molecule has 2 amide bonds. The highest BCUT2D eigenvalue weighted by molar-refractivity contribution is 5.97. The van der Waals surface area contributed by atoms with Crippen molar-refractivity contribution in [2.45, 2.75) is 6.18 Å². The molecule has 154 valence electrons. The predicted octanol–water partition coefficient (Wildman–Crippen LogP) is 1.93. The smallest absolute Gasteiger partial charge is 0.417 e. The summed E-state index contributed by atoms with van der Waals surface area (Å²) in [6.45, 7) is 1.25. The van der Waals surface area contributed by atoms with E-state index < -0.39 is 17.6 Å². The largest absolute Gasteiger partial charge is 0.483 e. The van der Waals surface area contributed by atoms with E-state index in [-0.39, 0.29) is 18.3 Å². The molecule has 0 aliphatic carbocycles. The number of hydrogen-bond donors (Lipinski definition) is 1. The van der Waals surface area contributed by atoms with Gasteiger partial charge in [-0.1, -0.05) is 12.1 Å². The molecule has 10 heteroatoms. The van der Waals surface area contributed by atoms with Crippen LogP contribution in [0.15, 0.2) is 42.6 Å². The van der Waals surface area contributed by atoms with Gasteiger partial charge in [0.25, 0.3) is 11.8 Å². The molecule has 2 heterocycles. The average molecular weight is 408 g/mol. The molecule has 0 radical (unpaired) electrons. The first-order valence-corrected chi connectivity index (χ1v) is 8.83. The maximum absolute atomic E-state index is 12.8. The van der Waals surface area contributed by atoms with Crippen LogP contribution in [-0.2, 0) is 11.0 Å². The maximum atomic E-state index is 12.8. The number of primary amides is 1. The third kappa shape index (κ3) is 4.95. The number of ether oxygens (including phenoxy) is 1. The molecular formula is C19H19F3N4O3. The molecule has 29 heavy (non-hydrogen) atoms. The highest BCUT2D eigenvalue weighted by atomic mass is 19.4. The number of anilines is 1. The predicted molar refractivity (Wildman–Crippen MR) is 98.5 cm³/mol. The van der Waals surface area contributed by atoms with Gasteiger partial charge < -0.3 is 20.3 Å². The normalized spacial score (nSPS) is 14.6. The van der Waals surface area contributed by atoms with E-state index >= 15 is 0 Å². The van der Waals surface area contributed by atoms with Crippen LogP contribution in [0.4, 0.5) is 19.0 Å². The number of benzene rings is 1. The number of para-hydroxylation sites is 1. The van der Waals surface area contributed by atoms with Crippen molar-refractivity contribution in [3.05, 3.63) is 53.7 Å². The van der Waals surface area contributed by atoms with Gasteiger partial charge in [-0.15, -0.1) is 0 Å². The van der Waals surface area contributed by atoms with Crippen molar-refractivity contribution >= 4 is 17.6 Å². The van der Waals surface area contributed by atoms with E-state index in [1.165, 1.54) is 6.07 Å². The zero-order valence-electron chi connectivity index (χ0n) is 15.4. The molecule has 2 N–H and O–H groups in total. The lowest BCUT2D eigenvalue weighted by molar-refractivity contribution is -0.137. The van der Waals surface area contributed by atoms with Gasteiger partial charge in [0, 0.05) is 32.4 Å². The van der Waals surface area contributed by atoms with Crippen LogP contribution in [0.25, 0.3) is 0 Å². The molecule has 7 nitrogen and oxygen atoms in total. The number of pyridine rings is 1. The topological polar surface area (TPSA) is 88.8 Å². The zero-order valence-corrected chi connectivity index (χ0v) is 15.4. The van der Waals surface area contributed by atoms with Gasteiger partial charge in [-0.05, 0) is 24.3 Å². The molecule has 0 saturated carbocycles. The van der Waals surface area contributed by atoms with Gasteiger partial charge in [-0.3, -0.25) is 9.59 Å². The van der Waals surface area contributed by atoms with Gasteiger partial charge in [0.2, 0.25) is 0 Å². The number of hydrogen-bond acceptors (Lipinski definition) is 5. The van der Waals surface area contributed by atoms with Crippen molar-refractivity contribution in [2.24, 2.45) is 5.73 Å². The molecule has 1 aromatic heterocycles. The van der Waals surface area contributed by atoms with Crippen LogP contribution in [0.5, 0.6) is 5.75 Å². The van der Waals surface area contributed by atoms with E-state index in [9.17, 15) is 22.8 Å². The Kier molecular flexibility index (Phi) is 5.90. The summed E-state index contributed by atoms with van der Waals surface area (Å²) in [6.07, 6.45) is -3.63. The van der Waals surface area contributed by atoms with E-state index in [2.05, 4.69) is 4.98 Å². The van der Waals surface area contributed by atoms with Crippen molar-refractivity contribution in [1.29, 1.82) is 0 Å². The number of halogens is 3. The van der Waals surface area contributed by atoms with Crippen LogP contribution in [-0.4, -0.2) is 54.5 Å². The summed E-state index contributed by atoms with van der Waals surface area (Å²) in [5.74, 6) is -0.214.